The topological polar surface area (TPSA) is 59.1 Å². The van der Waals surface area contributed by atoms with Crippen LogP contribution in [0.4, 0.5) is 0 Å². The van der Waals surface area contributed by atoms with Gasteiger partial charge in [0.15, 0.2) is 0 Å². The van der Waals surface area contributed by atoms with Crippen LogP contribution in [0.2, 0.25) is 0 Å². The molecule has 0 aliphatic heterocycles. The summed E-state index contributed by atoms with van der Waals surface area (Å²) in [4.78, 5) is 4.42. The van der Waals surface area contributed by atoms with E-state index in [-0.39, 0.29) is 0 Å². The lowest BCUT2D eigenvalue weighted by Gasteiger charge is -2.22. The van der Waals surface area contributed by atoms with Gasteiger partial charge in [-0.2, -0.15) is 4.72 Å². The second kappa shape index (κ2) is 7.62. The molecule has 1 unspecified atom stereocenters. The molecular weight excluding hydrogens is 356 g/mol. The summed E-state index contributed by atoms with van der Waals surface area (Å²) in [5.74, 6) is 0. The maximum Gasteiger partial charge on any atom is 0.241 e. The molecule has 5 heteroatoms. The number of rotatable bonds is 5. The van der Waals surface area contributed by atoms with E-state index in [1.807, 2.05) is 76.2 Å². The third-order valence-corrected chi connectivity index (χ3v) is 6.71. The molecule has 0 spiro atoms. The zero-order chi connectivity index (χ0) is 19.6. The molecule has 0 bridgehead atoms. The SMILES string of the molecule is Cc1cc(C)c(C)c(S(=O)(=O)NC(c2ccccc2)c2ccncc2)c1C. The Hall–Kier alpha value is -2.50. The Morgan fingerprint density at radius 1 is 0.815 bits per heavy atom. The number of sulfonamides is 1. The average molecular weight is 381 g/mol. The van der Waals surface area contributed by atoms with E-state index in [2.05, 4.69) is 9.71 Å². The van der Waals surface area contributed by atoms with E-state index in [1.165, 1.54) is 0 Å². The highest BCUT2D eigenvalue weighted by molar-refractivity contribution is 7.89. The van der Waals surface area contributed by atoms with Crippen LogP contribution in [-0.4, -0.2) is 13.4 Å². The highest BCUT2D eigenvalue weighted by atomic mass is 32.2. The van der Waals surface area contributed by atoms with Gasteiger partial charge in [-0.3, -0.25) is 4.98 Å². The summed E-state index contributed by atoms with van der Waals surface area (Å²) >= 11 is 0. The lowest BCUT2D eigenvalue weighted by Crippen LogP contribution is -2.31. The van der Waals surface area contributed by atoms with E-state index in [0.29, 0.717) is 4.90 Å². The quantitative estimate of drug-likeness (QED) is 0.714. The molecule has 0 radical (unpaired) electrons. The lowest BCUT2D eigenvalue weighted by molar-refractivity contribution is 0.570. The molecule has 0 saturated heterocycles. The Morgan fingerprint density at radius 2 is 1.33 bits per heavy atom. The first kappa shape index (κ1) is 19.3. The number of aryl methyl sites for hydroxylation is 2. The summed E-state index contributed by atoms with van der Waals surface area (Å²) < 4.78 is 29.7. The van der Waals surface area contributed by atoms with Crippen LogP contribution >= 0.6 is 0 Å². The van der Waals surface area contributed by atoms with Crippen LogP contribution in [0.5, 0.6) is 0 Å². The highest BCUT2D eigenvalue weighted by Crippen LogP contribution is 2.29. The summed E-state index contributed by atoms with van der Waals surface area (Å²) in [5.41, 5.74) is 5.24. The minimum absolute atomic E-state index is 0.370. The van der Waals surface area contributed by atoms with Crippen molar-refractivity contribution in [2.75, 3.05) is 0 Å². The van der Waals surface area contributed by atoms with Crippen LogP contribution in [0.1, 0.15) is 39.4 Å². The van der Waals surface area contributed by atoms with E-state index in [4.69, 9.17) is 0 Å². The summed E-state index contributed by atoms with van der Waals surface area (Å²) in [6.07, 6.45) is 3.35. The molecule has 1 aromatic heterocycles. The molecule has 0 amide bonds. The van der Waals surface area contributed by atoms with Crippen LogP contribution in [0, 0.1) is 27.7 Å². The Kier molecular flexibility index (Phi) is 5.44. The van der Waals surface area contributed by atoms with Gasteiger partial charge in [0.05, 0.1) is 10.9 Å². The average Bonchev–Trinajstić information content (AvgIpc) is 2.66. The second-order valence-electron chi connectivity index (χ2n) is 6.84. The van der Waals surface area contributed by atoms with Crippen molar-refractivity contribution in [3.63, 3.8) is 0 Å². The minimum atomic E-state index is -3.73. The number of aromatic nitrogens is 1. The molecule has 0 saturated carbocycles. The molecule has 1 heterocycles. The normalized spacial score (nSPS) is 12.7. The molecule has 1 N–H and O–H groups in total. The number of nitrogens with one attached hydrogen (secondary N) is 1. The molecule has 0 aliphatic carbocycles. The Bertz CT molecular complexity index is 981. The maximum atomic E-state index is 13.4. The Morgan fingerprint density at radius 3 is 1.89 bits per heavy atom. The van der Waals surface area contributed by atoms with Gasteiger partial charge in [-0.15, -0.1) is 0 Å². The number of benzene rings is 2. The zero-order valence-electron chi connectivity index (χ0n) is 16.0. The van der Waals surface area contributed by atoms with Gasteiger partial charge in [-0.05, 0) is 73.2 Å². The van der Waals surface area contributed by atoms with Crippen molar-refractivity contribution in [3.05, 3.63) is 94.3 Å². The van der Waals surface area contributed by atoms with Gasteiger partial charge in [-0.25, -0.2) is 8.42 Å². The minimum Gasteiger partial charge on any atom is -0.265 e. The number of pyridine rings is 1. The Labute approximate surface area is 161 Å². The van der Waals surface area contributed by atoms with Gasteiger partial charge < -0.3 is 0 Å². The molecule has 0 aliphatic rings. The van der Waals surface area contributed by atoms with Crippen molar-refractivity contribution in [2.24, 2.45) is 0 Å². The predicted molar refractivity (Wildman–Crippen MR) is 108 cm³/mol. The van der Waals surface area contributed by atoms with Crippen LogP contribution < -0.4 is 4.72 Å². The van der Waals surface area contributed by atoms with Crippen LogP contribution in [-0.2, 0) is 10.0 Å². The van der Waals surface area contributed by atoms with Crippen molar-refractivity contribution < 1.29 is 8.42 Å². The summed E-state index contributed by atoms with van der Waals surface area (Å²) in [7, 11) is -3.73. The predicted octanol–water partition coefficient (Wildman–Crippen LogP) is 4.38. The number of hydrogen-bond donors (Lipinski definition) is 1. The van der Waals surface area contributed by atoms with Crippen molar-refractivity contribution in [3.8, 4) is 0 Å². The van der Waals surface area contributed by atoms with Crippen molar-refractivity contribution in [2.45, 2.75) is 38.6 Å². The Balaban J connectivity index is 2.12. The summed E-state index contributed by atoms with van der Waals surface area (Å²) in [5, 5.41) is 0. The first-order valence-corrected chi connectivity index (χ1v) is 10.3. The fraction of sp³-hybridized carbons (Fsp3) is 0.227. The fourth-order valence-corrected chi connectivity index (χ4v) is 5.16. The zero-order valence-corrected chi connectivity index (χ0v) is 16.8. The molecule has 4 nitrogen and oxygen atoms in total. The number of hydrogen-bond acceptors (Lipinski definition) is 3. The van der Waals surface area contributed by atoms with E-state index < -0.39 is 16.1 Å². The van der Waals surface area contributed by atoms with Gasteiger partial charge in [0, 0.05) is 12.4 Å². The first-order chi connectivity index (χ1) is 12.8. The number of nitrogens with zero attached hydrogens (tertiary/aromatic N) is 1. The molecule has 27 heavy (non-hydrogen) atoms. The fourth-order valence-electron chi connectivity index (χ4n) is 3.33. The van der Waals surface area contributed by atoms with Crippen LogP contribution in [0.25, 0.3) is 0 Å². The van der Waals surface area contributed by atoms with Crippen LogP contribution in [0.15, 0.2) is 65.8 Å². The van der Waals surface area contributed by atoms with Crippen LogP contribution in [0.3, 0.4) is 0 Å². The second-order valence-corrected chi connectivity index (χ2v) is 8.49. The summed E-state index contributed by atoms with van der Waals surface area (Å²) in [6.45, 7) is 7.61. The highest BCUT2D eigenvalue weighted by Gasteiger charge is 2.27. The third-order valence-electron chi connectivity index (χ3n) is 5.01. The summed E-state index contributed by atoms with van der Waals surface area (Å²) in [6, 6.07) is 14.8. The smallest absolute Gasteiger partial charge is 0.241 e. The largest absolute Gasteiger partial charge is 0.265 e. The van der Waals surface area contributed by atoms with Gasteiger partial charge in [-0.1, -0.05) is 36.4 Å². The standard InChI is InChI=1S/C22H24N2O2S/c1-15-14-16(2)18(4)22(17(15)3)27(25,26)24-21(19-8-6-5-7-9-19)20-10-12-23-13-11-20/h5-14,21,24H,1-4H3. The first-order valence-electron chi connectivity index (χ1n) is 8.86. The van der Waals surface area contributed by atoms with Gasteiger partial charge >= 0.3 is 0 Å². The molecule has 1 atom stereocenters. The maximum absolute atomic E-state index is 13.4. The molecule has 3 rings (SSSR count). The lowest BCUT2D eigenvalue weighted by atomic mass is 10.0. The van der Waals surface area contributed by atoms with Gasteiger partial charge in [0.1, 0.15) is 0 Å². The van der Waals surface area contributed by atoms with E-state index in [9.17, 15) is 8.42 Å². The molecule has 0 fully saturated rings. The van der Waals surface area contributed by atoms with Crippen molar-refractivity contribution in [1.29, 1.82) is 0 Å². The molecule has 3 aromatic rings. The van der Waals surface area contributed by atoms with E-state index in [1.54, 1.807) is 12.4 Å². The third kappa shape index (κ3) is 3.94. The van der Waals surface area contributed by atoms with Crippen molar-refractivity contribution in [1.82, 2.24) is 9.71 Å². The van der Waals surface area contributed by atoms with Gasteiger partial charge in [0.2, 0.25) is 10.0 Å². The van der Waals surface area contributed by atoms with E-state index in [0.717, 1.165) is 33.4 Å². The monoisotopic (exact) mass is 380 g/mol. The van der Waals surface area contributed by atoms with E-state index >= 15 is 0 Å². The van der Waals surface area contributed by atoms with Gasteiger partial charge in [0.25, 0.3) is 0 Å². The molecule has 140 valence electrons. The van der Waals surface area contributed by atoms with Crippen molar-refractivity contribution >= 4 is 10.0 Å². The molecular formula is C22H24N2O2S. The molecule has 2 aromatic carbocycles.